The summed E-state index contributed by atoms with van der Waals surface area (Å²) in [5, 5.41) is 8.08. The number of piperazine rings is 1. The van der Waals surface area contributed by atoms with Gasteiger partial charge in [-0.05, 0) is 43.0 Å². The van der Waals surface area contributed by atoms with Gasteiger partial charge in [-0.3, -0.25) is 19.2 Å². The van der Waals surface area contributed by atoms with Crippen LogP contribution in [-0.4, -0.2) is 90.8 Å². The van der Waals surface area contributed by atoms with Crippen LogP contribution in [0.3, 0.4) is 0 Å². The van der Waals surface area contributed by atoms with Crippen molar-refractivity contribution in [3.8, 4) is 5.88 Å². The molecule has 11 nitrogen and oxygen atoms in total. The molecule has 0 radical (unpaired) electrons. The minimum atomic E-state index is -3.90. The number of hydrogen-bond acceptors (Lipinski definition) is 7. The highest BCUT2D eigenvalue weighted by Crippen LogP contribution is 2.31. The number of pyridine rings is 1. The molecular formula is C35H48F2N6O5. The molecule has 2 atom stereocenters. The third-order valence-corrected chi connectivity index (χ3v) is 9.23. The lowest BCUT2D eigenvalue weighted by Crippen LogP contribution is -2.54. The topological polar surface area (TPSA) is 133 Å². The number of nitrogens with zero attached hydrogens (tertiary/aromatic N) is 3. The molecule has 0 bridgehead atoms. The van der Waals surface area contributed by atoms with Crippen molar-refractivity contribution in [2.75, 3.05) is 40.3 Å². The highest BCUT2D eigenvalue weighted by molar-refractivity contribution is 5.91. The maximum absolute atomic E-state index is 15.2. The second-order valence-corrected chi connectivity index (χ2v) is 12.7. The van der Waals surface area contributed by atoms with Crippen LogP contribution in [-0.2, 0) is 38.1 Å². The van der Waals surface area contributed by atoms with Gasteiger partial charge in [0.05, 0.1) is 7.11 Å². The summed E-state index contributed by atoms with van der Waals surface area (Å²) in [4.78, 5) is 59.8. The highest BCUT2D eigenvalue weighted by atomic mass is 19.3. The van der Waals surface area contributed by atoms with E-state index in [2.05, 4.69) is 25.8 Å². The van der Waals surface area contributed by atoms with Gasteiger partial charge in [0, 0.05) is 63.4 Å². The van der Waals surface area contributed by atoms with Gasteiger partial charge in [0.2, 0.25) is 23.6 Å². The molecule has 2 heterocycles. The number of likely N-dealkylation sites (N-methyl/N-ethyl adjacent to an activating group) is 1. The molecule has 1 aromatic heterocycles. The average Bonchev–Trinajstić information content (AvgIpc) is 3.39. The van der Waals surface area contributed by atoms with Gasteiger partial charge in [-0.2, -0.15) is 8.78 Å². The number of alkyl halides is 2. The van der Waals surface area contributed by atoms with E-state index in [1.807, 2.05) is 31.3 Å². The van der Waals surface area contributed by atoms with E-state index in [0.29, 0.717) is 32.4 Å². The molecule has 0 spiro atoms. The van der Waals surface area contributed by atoms with E-state index in [9.17, 15) is 19.2 Å². The van der Waals surface area contributed by atoms with Crippen molar-refractivity contribution in [2.45, 2.75) is 82.8 Å². The van der Waals surface area contributed by atoms with E-state index in [4.69, 9.17) is 4.74 Å². The normalized spacial score (nSPS) is 17.5. The van der Waals surface area contributed by atoms with Crippen LogP contribution < -0.4 is 20.7 Å². The van der Waals surface area contributed by atoms with Crippen molar-refractivity contribution < 1.29 is 32.7 Å². The SMILES string of the molecule is CCC(=O)N[C@H](Cc1ccc(CNC(=O)C(NC(=O)C(F)(F)c2ccc(OC)nc2)C2CCCCCC2)cc1)C(=O)N1CCN(C)CC1. The van der Waals surface area contributed by atoms with Gasteiger partial charge in [-0.25, -0.2) is 4.98 Å². The van der Waals surface area contributed by atoms with Crippen LogP contribution in [0.4, 0.5) is 8.78 Å². The molecule has 2 aromatic rings. The molecule has 1 aromatic carbocycles. The number of hydrogen-bond donors (Lipinski definition) is 3. The molecule has 4 rings (SSSR count). The lowest BCUT2D eigenvalue weighted by Gasteiger charge is -2.34. The maximum atomic E-state index is 15.2. The van der Waals surface area contributed by atoms with Gasteiger partial charge >= 0.3 is 5.92 Å². The minimum absolute atomic E-state index is 0.110. The van der Waals surface area contributed by atoms with Gasteiger partial charge in [-0.15, -0.1) is 0 Å². The third-order valence-electron chi connectivity index (χ3n) is 9.23. The summed E-state index contributed by atoms with van der Waals surface area (Å²) in [6.07, 6.45) is 6.44. The molecule has 2 fully saturated rings. The van der Waals surface area contributed by atoms with Crippen LogP contribution in [0.15, 0.2) is 42.6 Å². The van der Waals surface area contributed by atoms with Crippen molar-refractivity contribution in [3.63, 3.8) is 0 Å². The van der Waals surface area contributed by atoms with Crippen LogP contribution in [0.1, 0.15) is 68.6 Å². The second-order valence-electron chi connectivity index (χ2n) is 12.7. The zero-order valence-electron chi connectivity index (χ0n) is 28.1. The highest BCUT2D eigenvalue weighted by Gasteiger charge is 2.44. The fourth-order valence-electron chi connectivity index (χ4n) is 6.16. The number of benzene rings is 1. The molecule has 2 aliphatic rings. The summed E-state index contributed by atoms with van der Waals surface area (Å²) in [6.45, 7) is 4.61. The zero-order valence-corrected chi connectivity index (χ0v) is 28.1. The Morgan fingerprint density at radius 3 is 2.17 bits per heavy atom. The number of aromatic nitrogens is 1. The zero-order chi connectivity index (χ0) is 34.7. The Balaban J connectivity index is 1.41. The second kappa shape index (κ2) is 17.3. The Morgan fingerprint density at radius 2 is 1.58 bits per heavy atom. The fourth-order valence-corrected chi connectivity index (χ4v) is 6.16. The first-order chi connectivity index (χ1) is 23.0. The molecule has 4 amide bonds. The number of rotatable bonds is 13. The Hall–Kier alpha value is -4.13. The number of nitrogens with one attached hydrogen (secondary N) is 3. The molecule has 3 N–H and O–H groups in total. The van der Waals surface area contributed by atoms with Crippen molar-refractivity contribution in [2.24, 2.45) is 5.92 Å². The van der Waals surface area contributed by atoms with Crippen LogP contribution in [0.25, 0.3) is 0 Å². The van der Waals surface area contributed by atoms with Crippen LogP contribution in [0.5, 0.6) is 5.88 Å². The van der Waals surface area contributed by atoms with Crippen LogP contribution in [0.2, 0.25) is 0 Å². The van der Waals surface area contributed by atoms with Crippen molar-refractivity contribution in [1.82, 2.24) is 30.7 Å². The summed E-state index contributed by atoms with van der Waals surface area (Å²) in [5.74, 6) is -6.43. The summed E-state index contributed by atoms with van der Waals surface area (Å²) in [5.41, 5.74) is 1.00. The van der Waals surface area contributed by atoms with Gasteiger partial charge in [0.25, 0.3) is 5.91 Å². The Morgan fingerprint density at radius 1 is 0.938 bits per heavy atom. The van der Waals surface area contributed by atoms with Gasteiger partial charge < -0.3 is 30.5 Å². The Labute approximate surface area is 281 Å². The summed E-state index contributed by atoms with van der Waals surface area (Å²) >= 11 is 0. The molecule has 48 heavy (non-hydrogen) atoms. The summed E-state index contributed by atoms with van der Waals surface area (Å²) in [6, 6.07) is 7.84. The molecular weight excluding hydrogens is 622 g/mol. The van der Waals surface area contributed by atoms with Crippen molar-refractivity contribution in [1.29, 1.82) is 0 Å². The Bertz CT molecular complexity index is 1370. The number of amides is 4. The van der Waals surface area contributed by atoms with E-state index in [-0.39, 0.29) is 36.6 Å². The smallest absolute Gasteiger partial charge is 0.351 e. The largest absolute Gasteiger partial charge is 0.481 e. The number of halogens is 2. The molecule has 1 aliphatic heterocycles. The molecule has 1 saturated carbocycles. The van der Waals surface area contributed by atoms with Gasteiger partial charge in [0.15, 0.2) is 0 Å². The van der Waals surface area contributed by atoms with Gasteiger partial charge in [0.1, 0.15) is 12.1 Å². The van der Waals surface area contributed by atoms with E-state index in [1.54, 1.807) is 11.8 Å². The molecule has 1 unspecified atom stereocenters. The molecule has 1 saturated heterocycles. The number of carbonyl (C=O) groups is 4. The number of methoxy groups -OCH3 is 1. The predicted molar refractivity (Wildman–Crippen MR) is 176 cm³/mol. The lowest BCUT2D eigenvalue weighted by atomic mass is 9.90. The Kier molecular flexibility index (Phi) is 13.2. The summed E-state index contributed by atoms with van der Waals surface area (Å²) < 4.78 is 35.4. The lowest BCUT2D eigenvalue weighted by molar-refractivity contribution is -0.150. The number of ether oxygens (including phenoxy) is 1. The van der Waals surface area contributed by atoms with E-state index in [1.165, 1.54) is 13.2 Å². The van der Waals surface area contributed by atoms with Crippen molar-refractivity contribution in [3.05, 3.63) is 59.3 Å². The summed E-state index contributed by atoms with van der Waals surface area (Å²) in [7, 11) is 3.37. The first kappa shape index (κ1) is 36.7. The van der Waals surface area contributed by atoms with Crippen molar-refractivity contribution >= 4 is 23.6 Å². The quantitative estimate of drug-likeness (QED) is 0.279. The van der Waals surface area contributed by atoms with Gasteiger partial charge in [-0.1, -0.05) is 56.9 Å². The number of carbonyl (C=O) groups excluding carboxylic acids is 4. The third kappa shape index (κ3) is 9.94. The van der Waals surface area contributed by atoms with E-state index in [0.717, 1.165) is 62.2 Å². The minimum Gasteiger partial charge on any atom is -0.481 e. The average molecular weight is 671 g/mol. The molecule has 1 aliphatic carbocycles. The van der Waals surface area contributed by atoms with Crippen LogP contribution in [0, 0.1) is 5.92 Å². The van der Waals surface area contributed by atoms with Crippen LogP contribution >= 0.6 is 0 Å². The first-order valence-electron chi connectivity index (χ1n) is 16.8. The van der Waals surface area contributed by atoms with E-state index >= 15 is 8.78 Å². The molecule has 13 heteroatoms. The standard InChI is InChI=1S/C35H48F2N6O5/c1-4-29(44)40-28(33(46)43-19-17-42(2)18-20-43)21-24-11-13-25(14-12-24)22-39-32(45)31(26-9-7-5-6-8-10-26)41-34(47)35(36,37)27-15-16-30(48-3)38-23-27/h11-16,23,26,28,31H,4-10,17-22H2,1-3H3,(H,39,45)(H,40,44)(H,41,47)/t28-,31?/m1/s1. The maximum Gasteiger partial charge on any atom is 0.351 e. The predicted octanol–water partition coefficient (Wildman–Crippen LogP) is 3.16. The monoisotopic (exact) mass is 670 g/mol. The first-order valence-corrected chi connectivity index (χ1v) is 16.8. The molecule has 262 valence electrons. The van der Waals surface area contributed by atoms with E-state index < -0.39 is 35.4 Å². The fraction of sp³-hybridized carbons (Fsp3) is 0.571.